The van der Waals surface area contributed by atoms with Gasteiger partial charge in [-0.05, 0) is 42.9 Å². The zero-order valence-corrected chi connectivity index (χ0v) is 17.0. The van der Waals surface area contributed by atoms with E-state index in [1.54, 1.807) is 0 Å². The molecule has 0 radical (unpaired) electrons. The van der Waals surface area contributed by atoms with Crippen molar-refractivity contribution in [1.82, 2.24) is 10.2 Å². The van der Waals surface area contributed by atoms with Crippen LogP contribution >= 0.6 is 35.6 Å². The second-order valence-electron chi connectivity index (χ2n) is 5.79. The highest BCUT2D eigenvalue weighted by Gasteiger charge is 2.21. The lowest BCUT2D eigenvalue weighted by Crippen LogP contribution is -2.41. The maximum absolute atomic E-state index is 6.00. The number of aliphatic imine (C=N–C) groups is 1. The first-order chi connectivity index (χ1) is 10.7. The van der Waals surface area contributed by atoms with Crippen molar-refractivity contribution in [2.75, 3.05) is 40.4 Å². The summed E-state index contributed by atoms with van der Waals surface area (Å²) >= 11 is 6.00. The molecular formula is C17H27ClIN3O. The first kappa shape index (κ1) is 20.5. The van der Waals surface area contributed by atoms with Crippen LogP contribution in [0.3, 0.4) is 0 Å². The van der Waals surface area contributed by atoms with Crippen LogP contribution in [0.25, 0.3) is 0 Å². The molecule has 0 bridgehead atoms. The Morgan fingerprint density at radius 3 is 2.87 bits per heavy atom. The van der Waals surface area contributed by atoms with Crippen LogP contribution in [0, 0.1) is 5.92 Å². The topological polar surface area (TPSA) is 36.9 Å². The van der Waals surface area contributed by atoms with Crippen LogP contribution in [0.15, 0.2) is 29.3 Å². The van der Waals surface area contributed by atoms with Gasteiger partial charge < -0.3 is 15.0 Å². The number of benzene rings is 1. The molecule has 1 fully saturated rings. The molecule has 130 valence electrons. The summed E-state index contributed by atoms with van der Waals surface area (Å²) in [6.07, 6.45) is 3.59. The standard InChI is InChI=1S/C17H26ClN3O.HI/c1-19-17(21(2)10-11-22-13-15-6-7-15)20-9-8-14-4-3-5-16(18)12-14;/h3-5,12,15H,6-11,13H2,1-2H3,(H,19,20);1H. The lowest BCUT2D eigenvalue weighted by atomic mass is 10.1. The van der Waals surface area contributed by atoms with E-state index in [0.29, 0.717) is 0 Å². The third-order valence-corrected chi connectivity index (χ3v) is 4.02. The summed E-state index contributed by atoms with van der Waals surface area (Å²) < 4.78 is 5.67. The molecule has 4 nitrogen and oxygen atoms in total. The molecular weight excluding hydrogens is 425 g/mol. The molecule has 1 aromatic carbocycles. The largest absolute Gasteiger partial charge is 0.379 e. The Kier molecular flexibility index (Phi) is 9.90. The summed E-state index contributed by atoms with van der Waals surface area (Å²) in [6.45, 7) is 3.35. The number of nitrogens with zero attached hydrogens (tertiary/aromatic N) is 2. The van der Waals surface area contributed by atoms with Gasteiger partial charge in [0.2, 0.25) is 0 Å². The number of hydrogen-bond donors (Lipinski definition) is 1. The van der Waals surface area contributed by atoms with Gasteiger partial charge in [0.25, 0.3) is 0 Å². The predicted molar refractivity (Wildman–Crippen MR) is 108 cm³/mol. The van der Waals surface area contributed by atoms with E-state index in [2.05, 4.69) is 21.3 Å². The van der Waals surface area contributed by atoms with Gasteiger partial charge in [0.15, 0.2) is 5.96 Å². The number of rotatable bonds is 8. The molecule has 1 N–H and O–H groups in total. The van der Waals surface area contributed by atoms with Gasteiger partial charge in [0.1, 0.15) is 0 Å². The third kappa shape index (κ3) is 8.22. The van der Waals surface area contributed by atoms with E-state index in [1.165, 1.54) is 18.4 Å². The zero-order valence-electron chi connectivity index (χ0n) is 13.9. The van der Waals surface area contributed by atoms with E-state index >= 15 is 0 Å². The summed E-state index contributed by atoms with van der Waals surface area (Å²) in [5, 5.41) is 4.16. The van der Waals surface area contributed by atoms with Crippen LogP contribution in [-0.4, -0.2) is 51.3 Å². The Hall–Kier alpha value is -0.530. The highest BCUT2D eigenvalue weighted by molar-refractivity contribution is 14.0. The van der Waals surface area contributed by atoms with E-state index in [4.69, 9.17) is 16.3 Å². The molecule has 1 saturated carbocycles. The second kappa shape index (κ2) is 11.1. The highest BCUT2D eigenvalue weighted by atomic mass is 127. The summed E-state index contributed by atoms with van der Waals surface area (Å²) in [5.74, 6) is 1.72. The molecule has 0 aromatic heterocycles. The Labute approximate surface area is 161 Å². The van der Waals surface area contributed by atoms with Gasteiger partial charge in [-0.2, -0.15) is 0 Å². The van der Waals surface area contributed by atoms with Crippen molar-refractivity contribution in [3.05, 3.63) is 34.9 Å². The maximum Gasteiger partial charge on any atom is 0.193 e. The van der Waals surface area contributed by atoms with Crippen molar-refractivity contribution in [2.45, 2.75) is 19.3 Å². The molecule has 23 heavy (non-hydrogen) atoms. The van der Waals surface area contributed by atoms with Gasteiger partial charge in [0.05, 0.1) is 6.61 Å². The normalized spacial score (nSPS) is 14.3. The Morgan fingerprint density at radius 2 is 2.22 bits per heavy atom. The maximum atomic E-state index is 6.00. The van der Waals surface area contributed by atoms with Crippen LogP contribution in [0.4, 0.5) is 0 Å². The average Bonchev–Trinajstić information content (AvgIpc) is 3.32. The Balaban J connectivity index is 0.00000264. The van der Waals surface area contributed by atoms with Gasteiger partial charge in [-0.1, -0.05) is 23.7 Å². The van der Waals surface area contributed by atoms with Crippen LogP contribution < -0.4 is 5.32 Å². The fourth-order valence-corrected chi connectivity index (χ4v) is 2.45. The number of nitrogens with one attached hydrogen (secondary N) is 1. The smallest absolute Gasteiger partial charge is 0.193 e. The molecule has 0 aliphatic heterocycles. The number of halogens is 2. The minimum Gasteiger partial charge on any atom is -0.379 e. The lowest BCUT2D eigenvalue weighted by molar-refractivity contribution is 0.115. The van der Waals surface area contributed by atoms with Gasteiger partial charge in [-0.3, -0.25) is 4.99 Å². The molecule has 6 heteroatoms. The van der Waals surface area contributed by atoms with E-state index in [-0.39, 0.29) is 24.0 Å². The van der Waals surface area contributed by atoms with Gasteiger partial charge in [-0.15, -0.1) is 24.0 Å². The molecule has 0 spiro atoms. The third-order valence-electron chi connectivity index (χ3n) is 3.78. The molecule has 0 unspecified atom stereocenters. The second-order valence-corrected chi connectivity index (χ2v) is 6.23. The van der Waals surface area contributed by atoms with Crippen molar-refractivity contribution < 1.29 is 4.74 Å². The van der Waals surface area contributed by atoms with Crippen molar-refractivity contribution in [3.63, 3.8) is 0 Å². The molecule has 1 aliphatic carbocycles. The van der Waals surface area contributed by atoms with Gasteiger partial charge >= 0.3 is 0 Å². The monoisotopic (exact) mass is 451 g/mol. The number of hydrogen-bond acceptors (Lipinski definition) is 2. The molecule has 2 rings (SSSR count). The molecule has 0 saturated heterocycles. The van der Waals surface area contributed by atoms with Crippen LogP contribution in [0.2, 0.25) is 5.02 Å². The Morgan fingerprint density at radius 1 is 1.43 bits per heavy atom. The molecule has 0 amide bonds. The van der Waals surface area contributed by atoms with Crippen LogP contribution in [0.1, 0.15) is 18.4 Å². The minimum atomic E-state index is 0. The fraction of sp³-hybridized carbons (Fsp3) is 0.588. The first-order valence-electron chi connectivity index (χ1n) is 7.93. The van der Waals surface area contributed by atoms with Crippen molar-refractivity contribution >= 4 is 41.5 Å². The molecule has 0 heterocycles. The van der Waals surface area contributed by atoms with Crippen LogP contribution in [0.5, 0.6) is 0 Å². The molecule has 1 aromatic rings. The number of ether oxygens (including phenoxy) is 1. The van der Waals surface area contributed by atoms with E-state index in [0.717, 1.165) is 49.6 Å². The lowest BCUT2D eigenvalue weighted by Gasteiger charge is -2.22. The van der Waals surface area contributed by atoms with Gasteiger partial charge in [-0.25, -0.2) is 0 Å². The van der Waals surface area contributed by atoms with E-state index in [1.807, 2.05) is 32.3 Å². The van der Waals surface area contributed by atoms with Gasteiger partial charge in [0, 0.05) is 38.8 Å². The fourth-order valence-electron chi connectivity index (χ4n) is 2.24. The summed E-state index contributed by atoms with van der Waals surface area (Å²) in [4.78, 5) is 6.41. The van der Waals surface area contributed by atoms with E-state index < -0.39 is 0 Å². The summed E-state index contributed by atoms with van der Waals surface area (Å²) in [5.41, 5.74) is 1.23. The Bertz CT molecular complexity index is 494. The average molecular weight is 452 g/mol. The van der Waals surface area contributed by atoms with Crippen molar-refractivity contribution in [1.29, 1.82) is 0 Å². The summed E-state index contributed by atoms with van der Waals surface area (Å²) in [6, 6.07) is 7.97. The minimum absolute atomic E-state index is 0. The van der Waals surface area contributed by atoms with E-state index in [9.17, 15) is 0 Å². The molecule has 1 aliphatic rings. The molecule has 0 atom stereocenters. The van der Waals surface area contributed by atoms with Crippen molar-refractivity contribution in [3.8, 4) is 0 Å². The number of guanidine groups is 1. The van der Waals surface area contributed by atoms with Crippen molar-refractivity contribution in [2.24, 2.45) is 10.9 Å². The quantitative estimate of drug-likeness (QED) is 0.285. The zero-order chi connectivity index (χ0) is 15.8. The summed E-state index contributed by atoms with van der Waals surface area (Å²) in [7, 11) is 3.85. The SMILES string of the molecule is CN=C(NCCc1cccc(Cl)c1)N(C)CCOCC1CC1.I. The number of likely N-dealkylation sites (N-methyl/N-ethyl adjacent to an activating group) is 1. The predicted octanol–water partition coefficient (Wildman–Crippen LogP) is 3.43. The highest BCUT2D eigenvalue weighted by Crippen LogP contribution is 2.28. The van der Waals surface area contributed by atoms with Crippen LogP contribution in [-0.2, 0) is 11.2 Å². The first-order valence-corrected chi connectivity index (χ1v) is 8.31.